The lowest BCUT2D eigenvalue weighted by Crippen LogP contribution is -2.61. The lowest BCUT2D eigenvalue weighted by molar-refractivity contribution is -0.129. The number of aliphatic hydroxyl groups excluding tert-OH is 1. The molecule has 2 unspecified atom stereocenters. The molecule has 1 aromatic rings. The normalized spacial score (nSPS) is 23.0. The molecule has 2 atom stereocenters. The van der Waals surface area contributed by atoms with Crippen molar-refractivity contribution in [3.05, 3.63) is 35.9 Å². The largest absolute Gasteiger partial charge is 0.392 e. The molecule has 1 aliphatic carbocycles. The Morgan fingerprint density at radius 3 is 2.52 bits per heavy atom. The van der Waals surface area contributed by atoms with Gasteiger partial charge in [-0.25, -0.2) is 0 Å². The molecule has 21 heavy (non-hydrogen) atoms. The van der Waals surface area contributed by atoms with E-state index in [0.717, 1.165) is 0 Å². The van der Waals surface area contributed by atoms with E-state index in [1.165, 1.54) is 0 Å². The molecule has 1 saturated carbocycles. The predicted octanol–water partition coefficient (Wildman–Crippen LogP) is 1.08. The Labute approximate surface area is 124 Å². The second-order valence-electron chi connectivity index (χ2n) is 6.06. The lowest BCUT2D eigenvalue weighted by atomic mass is 9.64. The van der Waals surface area contributed by atoms with Gasteiger partial charge in [-0.05, 0) is 18.6 Å². The molecule has 0 spiro atoms. The van der Waals surface area contributed by atoms with E-state index in [2.05, 4.69) is 10.6 Å². The Hall–Kier alpha value is -1.88. The number of hydrogen-bond donors (Lipinski definition) is 3. The van der Waals surface area contributed by atoms with Gasteiger partial charge < -0.3 is 15.7 Å². The minimum atomic E-state index is -0.361. The van der Waals surface area contributed by atoms with E-state index < -0.39 is 0 Å². The number of carbonyl (C=O) groups is 2. The zero-order valence-electron chi connectivity index (χ0n) is 12.4. The monoisotopic (exact) mass is 290 g/mol. The summed E-state index contributed by atoms with van der Waals surface area (Å²) < 4.78 is 0. The molecular formula is C16H22N2O3. The minimum absolute atomic E-state index is 0.00447. The summed E-state index contributed by atoms with van der Waals surface area (Å²) >= 11 is 0. The van der Waals surface area contributed by atoms with E-state index in [1.807, 2.05) is 19.9 Å². The van der Waals surface area contributed by atoms with Crippen molar-refractivity contribution in [3.63, 3.8) is 0 Å². The first kappa shape index (κ1) is 15.5. The molecule has 1 fully saturated rings. The zero-order valence-corrected chi connectivity index (χ0v) is 12.4. The molecular weight excluding hydrogens is 268 g/mol. The highest BCUT2D eigenvalue weighted by atomic mass is 16.3. The third-order valence-corrected chi connectivity index (χ3v) is 4.22. The summed E-state index contributed by atoms with van der Waals surface area (Å²) in [4.78, 5) is 23.6. The van der Waals surface area contributed by atoms with Crippen LogP contribution in [0.2, 0.25) is 0 Å². The SMILES string of the molecule is CC1(C)C(O)CC1NC(=O)CCNC(=O)c1ccccc1. The molecule has 0 heterocycles. The second-order valence-corrected chi connectivity index (χ2v) is 6.06. The van der Waals surface area contributed by atoms with Gasteiger partial charge >= 0.3 is 0 Å². The van der Waals surface area contributed by atoms with Gasteiger partial charge in [0.1, 0.15) is 0 Å². The van der Waals surface area contributed by atoms with E-state index in [1.54, 1.807) is 24.3 Å². The minimum Gasteiger partial charge on any atom is -0.392 e. The molecule has 0 aromatic heterocycles. The van der Waals surface area contributed by atoms with Crippen molar-refractivity contribution in [1.82, 2.24) is 10.6 Å². The summed E-state index contributed by atoms with van der Waals surface area (Å²) in [6, 6.07) is 8.90. The van der Waals surface area contributed by atoms with Crippen LogP contribution in [0.4, 0.5) is 0 Å². The fraction of sp³-hybridized carbons (Fsp3) is 0.500. The average Bonchev–Trinajstić information content (AvgIpc) is 2.47. The number of amides is 2. The first-order valence-corrected chi connectivity index (χ1v) is 7.22. The Morgan fingerprint density at radius 1 is 1.29 bits per heavy atom. The Morgan fingerprint density at radius 2 is 1.95 bits per heavy atom. The van der Waals surface area contributed by atoms with E-state index in [0.29, 0.717) is 18.5 Å². The molecule has 114 valence electrons. The van der Waals surface area contributed by atoms with Crippen molar-refractivity contribution >= 4 is 11.8 Å². The number of benzene rings is 1. The summed E-state index contributed by atoms with van der Waals surface area (Å²) in [5, 5.41) is 15.2. The highest BCUT2D eigenvalue weighted by molar-refractivity contribution is 5.94. The zero-order chi connectivity index (χ0) is 15.5. The Kier molecular flexibility index (Phi) is 4.63. The molecule has 5 nitrogen and oxygen atoms in total. The Balaban J connectivity index is 1.70. The molecule has 0 bridgehead atoms. The van der Waals surface area contributed by atoms with Crippen LogP contribution < -0.4 is 10.6 Å². The first-order chi connectivity index (χ1) is 9.91. The van der Waals surface area contributed by atoms with Crippen LogP contribution in [0.1, 0.15) is 37.0 Å². The quantitative estimate of drug-likeness (QED) is 0.759. The van der Waals surface area contributed by atoms with Gasteiger partial charge in [-0.1, -0.05) is 32.0 Å². The third kappa shape index (κ3) is 3.61. The Bertz CT molecular complexity index is 514. The van der Waals surface area contributed by atoms with Gasteiger partial charge in [0.2, 0.25) is 5.91 Å². The van der Waals surface area contributed by atoms with Crippen LogP contribution >= 0.6 is 0 Å². The van der Waals surface area contributed by atoms with Crippen LogP contribution in [0.3, 0.4) is 0 Å². The molecule has 1 aliphatic rings. The number of rotatable bonds is 5. The fourth-order valence-electron chi connectivity index (χ4n) is 2.40. The van der Waals surface area contributed by atoms with Crippen molar-refractivity contribution in [3.8, 4) is 0 Å². The fourth-order valence-corrected chi connectivity index (χ4v) is 2.40. The molecule has 0 radical (unpaired) electrons. The molecule has 2 rings (SSSR count). The average molecular weight is 290 g/mol. The standard InChI is InChI=1S/C16H22N2O3/c1-16(2)12(10-13(16)19)18-14(20)8-9-17-15(21)11-6-4-3-5-7-11/h3-7,12-13,19H,8-10H2,1-2H3,(H,17,21)(H,18,20). The highest BCUT2D eigenvalue weighted by Gasteiger charge is 2.47. The summed E-state index contributed by atoms with van der Waals surface area (Å²) in [6.45, 7) is 4.17. The molecule has 2 amide bonds. The number of hydrogen-bond acceptors (Lipinski definition) is 3. The van der Waals surface area contributed by atoms with Gasteiger partial charge in [-0.2, -0.15) is 0 Å². The highest BCUT2D eigenvalue weighted by Crippen LogP contribution is 2.40. The van der Waals surface area contributed by atoms with E-state index in [4.69, 9.17) is 0 Å². The topological polar surface area (TPSA) is 78.4 Å². The summed E-state index contributed by atoms with van der Waals surface area (Å²) in [5.74, 6) is -0.281. The summed E-state index contributed by atoms with van der Waals surface area (Å²) in [5.41, 5.74) is 0.310. The van der Waals surface area contributed by atoms with Crippen molar-refractivity contribution in [2.24, 2.45) is 5.41 Å². The van der Waals surface area contributed by atoms with Gasteiger partial charge in [0.15, 0.2) is 0 Å². The van der Waals surface area contributed by atoms with Gasteiger partial charge in [0.05, 0.1) is 6.10 Å². The van der Waals surface area contributed by atoms with Crippen molar-refractivity contribution in [2.75, 3.05) is 6.54 Å². The van der Waals surface area contributed by atoms with Crippen LogP contribution in [-0.2, 0) is 4.79 Å². The lowest BCUT2D eigenvalue weighted by Gasteiger charge is -2.49. The third-order valence-electron chi connectivity index (χ3n) is 4.22. The summed E-state index contributed by atoms with van der Waals surface area (Å²) in [7, 11) is 0. The summed E-state index contributed by atoms with van der Waals surface area (Å²) in [6.07, 6.45) is 0.469. The predicted molar refractivity (Wildman–Crippen MR) is 79.7 cm³/mol. The second kappa shape index (κ2) is 6.26. The molecule has 0 saturated heterocycles. The van der Waals surface area contributed by atoms with Gasteiger partial charge in [0, 0.05) is 30.0 Å². The van der Waals surface area contributed by atoms with Crippen LogP contribution in [-0.4, -0.2) is 35.6 Å². The molecule has 5 heteroatoms. The van der Waals surface area contributed by atoms with Gasteiger partial charge in [-0.3, -0.25) is 9.59 Å². The van der Waals surface area contributed by atoms with Crippen LogP contribution in [0.15, 0.2) is 30.3 Å². The van der Waals surface area contributed by atoms with Crippen molar-refractivity contribution < 1.29 is 14.7 Å². The maximum atomic E-state index is 11.8. The molecule has 1 aromatic carbocycles. The number of carbonyl (C=O) groups excluding carboxylic acids is 2. The number of nitrogens with one attached hydrogen (secondary N) is 2. The van der Waals surface area contributed by atoms with Crippen LogP contribution in [0.5, 0.6) is 0 Å². The van der Waals surface area contributed by atoms with Crippen molar-refractivity contribution in [2.45, 2.75) is 38.8 Å². The van der Waals surface area contributed by atoms with Crippen molar-refractivity contribution in [1.29, 1.82) is 0 Å². The smallest absolute Gasteiger partial charge is 0.251 e. The van der Waals surface area contributed by atoms with Gasteiger partial charge in [-0.15, -0.1) is 0 Å². The maximum absolute atomic E-state index is 11.8. The van der Waals surface area contributed by atoms with E-state index in [-0.39, 0.29) is 35.8 Å². The molecule has 3 N–H and O–H groups in total. The first-order valence-electron chi connectivity index (χ1n) is 7.22. The maximum Gasteiger partial charge on any atom is 0.251 e. The van der Waals surface area contributed by atoms with Crippen LogP contribution in [0.25, 0.3) is 0 Å². The number of aliphatic hydroxyl groups is 1. The van der Waals surface area contributed by atoms with E-state index >= 15 is 0 Å². The van der Waals surface area contributed by atoms with Gasteiger partial charge in [0.25, 0.3) is 5.91 Å². The van der Waals surface area contributed by atoms with Crippen LogP contribution in [0, 0.1) is 5.41 Å². The van der Waals surface area contributed by atoms with E-state index in [9.17, 15) is 14.7 Å². The molecule has 0 aliphatic heterocycles.